The van der Waals surface area contributed by atoms with Crippen molar-refractivity contribution in [3.63, 3.8) is 0 Å². The summed E-state index contributed by atoms with van der Waals surface area (Å²) >= 11 is 0. The molecule has 1 aliphatic rings. The highest BCUT2D eigenvalue weighted by Gasteiger charge is 2.22. The van der Waals surface area contributed by atoms with Crippen molar-refractivity contribution in [1.82, 2.24) is 10.3 Å². The fourth-order valence-corrected chi connectivity index (χ4v) is 3.47. The Kier molecular flexibility index (Phi) is 6.52. The number of hydrazone groups is 1. The maximum atomic E-state index is 12.8. The lowest BCUT2D eigenvalue weighted by Gasteiger charge is -2.27. The lowest BCUT2D eigenvalue weighted by molar-refractivity contribution is -0.136. The first-order valence-corrected chi connectivity index (χ1v) is 10.2. The topological polar surface area (TPSA) is 100 Å². The molecule has 3 aromatic rings. The summed E-state index contributed by atoms with van der Waals surface area (Å²) in [4.78, 5) is 39.1. The SMILES string of the molecule is O=C(N/N=C\c1cccc2ccccc12)C(=O)Nc1ccccc1C(=O)N1CCOCC1. The lowest BCUT2D eigenvalue weighted by Crippen LogP contribution is -2.41. The fourth-order valence-electron chi connectivity index (χ4n) is 3.47. The molecular formula is C24H22N4O4. The number of ether oxygens (including phenoxy) is 1. The maximum Gasteiger partial charge on any atom is 0.329 e. The molecule has 3 aromatic carbocycles. The highest BCUT2D eigenvalue weighted by Crippen LogP contribution is 2.18. The van der Waals surface area contributed by atoms with Gasteiger partial charge in [-0.25, -0.2) is 5.43 Å². The van der Waals surface area contributed by atoms with Gasteiger partial charge in [-0.1, -0.05) is 54.6 Å². The molecule has 1 fully saturated rings. The highest BCUT2D eigenvalue weighted by molar-refractivity contribution is 6.40. The average Bonchev–Trinajstić information content (AvgIpc) is 2.84. The van der Waals surface area contributed by atoms with E-state index in [1.807, 2.05) is 42.5 Å². The number of carbonyl (C=O) groups excluding carboxylic acids is 3. The van der Waals surface area contributed by atoms with Gasteiger partial charge in [0.15, 0.2) is 0 Å². The van der Waals surface area contributed by atoms with Gasteiger partial charge < -0.3 is 15.0 Å². The van der Waals surface area contributed by atoms with Gasteiger partial charge >= 0.3 is 11.8 Å². The summed E-state index contributed by atoms with van der Waals surface area (Å²) in [6, 6.07) is 20.1. The Morgan fingerprint density at radius 1 is 0.875 bits per heavy atom. The number of hydrogen-bond acceptors (Lipinski definition) is 5. The third kappa shape index (κ3) is 4.81. The molecular weight excluding hydrogens is 408 g/mol. The largest absolute Gasteiger partial charge is 0.378 e. The van der Waals surface area contributed by atoms with Crippen molar-refractivity contribution >= 4 is 40.4 Å². The lowest BCUT2D eigenvalue weighted by atomic mass is 10.1. The molecule has 0 unspecified atom stereocenters. The van der Waals surface area contributed by atoms with Gasteiger partial charge in [0.25, 0.3) is 5.91 Å². The van der Waals surface area contributed by atoms with E-state index in [2.05, 4.69) is 15.8 Å². The molecule has 0 bridgehead atoms. The van der Waals surface area contributed by atoms with E-state index in [1.54, 1.807) is 29.2 Å². The summed E-state index contributed by atoms with van der Waals surface area (Å²) in [5.41, 5.74) is 3.63. The first-order valence-electron chi connectivity index (χ1n) is 10.2. The normalized spacial score (nSPS) is 13.8. The zero-order valence-corrected chi connectivity index (χ0v) is 17.3. The fraction of sp³-hybridized carbons (Fsp3) is 0.167. The van der Waals surface area contributed by atoms with Gasteiger partial charge in [-0.2, -0.15) is 5.10 Å². The molecule has 2 N–H and O–H groups in total. The van der Waals surface area contributed by atoms with Crippen LogP contribution in [-0.4, -0.2) is 55.1 Å². The number of fused-ring (bicyclic) bond motifs is 1. The predicted molar refractivity (Wildman–Crippen MR) is 121 cm³/mol. The van der Waals surface area contributed by atoms with Gasteiger partial charge in [0.2, 0.25) is 0 Å². The van der Waals surface area contributed by atoms with Crippen molar-refractivity contribution in [1.29, 1.82) is 0 Å². The predicted octanol–water partition coefficient (Wildman–Crippen LogP) is 2.40. The quantitative estimate of drug-likeness (QED) is 0.377. The Balaban J connectivity index is 1.41. The Bertz CT molecular complexity index is 1180. The average molecular weight is 430 g/mol. The third-order valence-electron chi connectivity index (χ3n) is 5.10. The van der Waals surface area contributed by atoms with Crippen molar-refractivity contribution in [2.24, 2.45) is 5.10 Å². The number of hydrogen-bond donors (Lipinski definition) is 2. The Hall–Kier alpha value is -4.04. The highest BCUT2D eigenvalue weighted by atomic mass is 16.5. The standard InChI is InChI=1S/C24H22N4O4/c29-22(23(30)27-25-16-18-8-5-7-17-6-1-2-9-19(17)18)26-21-11-4-3-10-20(21)24(31)28-12-14-32-15-13-28/h1-11,16H,12-15H2,(H,26,29)(H,27,30)/b25-16-. The van der Waals surface area contributed by atoms with Crippen LogP contribution in [0.4, 0.5) is 5.69 Å². The molecule has 0 aliphatic carbocycles. The number of rotatable bonds is 4. The molecule has 4 rings (SSSR count). The van der Waals surface area contributed by atoms with Gasteiger partial charge in [0.05, 0.1) is 30.7 Å². The van der Waals surface area contributed by atoms with E-state index in [0.29, 0.717) is 31.9 Å². The van der Waals surface area contributed by atoms with Crippen LogP contribution in [0, 0.1) is 0 Å². The minimum absolute atomic E-state index is 0.224. The van der Waals surface area contributed by atoms with Gasteiger partial charge in [-0.05, 0) is 22.9 Å². The molecule has 0 saturated carbocycles. The number of nitrogens with zero attached hydrogens (tertiary/aromatic N) is 2. The van der Waals surface area contributed by atoms with Crippen LogP contribution < -0.4 is 10.7 Å². The van der Waals surface area contributed by atoms with Crippen LogP contribution >= 0.6 is 0 Å². The van der Waals surface area contributed by atoms with Crippen LogP contribution in [0.25, 0.3) is 10.8 Å². The zero-order valence-electron chi connectivity index (χ0n) is 17.3. The molecule has 8 heteroatoms. The van der Waals surface area contributed by atoms with E-state index in [1.165, 1.54) is 6.21 Å². The number of nitrogens with one attached hydrogen (secondary N) is 2. The maximum absolute atomic E-state index is 12.8. The van der Waals surface area contributed by atoms with Crippen LogP contribution in [0.1, 0.15) is 15.9 Å². The Labute approximate surface area is 184 Å². The summed E-state index contributed by atoms with van der Waals surface area (Å²) in [5.74, 6) is -2.07. The first-order chi connectivity index (χ1) is 15.6. The van der Waals surface area contributed by atoms with Crippen LogP contribution in [0.2, 0.25) is 0 Å². The number of morpholine rings is 1. The smallest absolute Gasteiger partial charge is 0.329 e. The number of carbonyl (C=O) groups is 3. The molecule has 8 nitrogen and oxygen atoms in total. The van der Waals surface area contributed by atoms with E-state index < -0.39 is 11.8 Å². The first kappa shape index (κ1) is 21.2. The summed E-state index contributed by atoms with van der Waals surface area (Å²) in [6.07, 6.45) is 1.49. The van der Waals surface area contributed by atoms with E-state index >= 15 is 0 Å². The van der Waals surface area contributed by atoms with Crippen LogP contribution in [-0.2, 0) is 14.3 Å². The van der Waals surface area contributed by atoms with Crippen molar-refractivity contribution in [2.45, 2.75) is 0 Å². The van der Waals surface area contributed by atoms with Crippen LogP contribution in [0.15, 0.2) is 71.8 Å². The molecule has 1 heterocycles. The second-order valence-corrected chi connectivity index (χ2v) is 7.17. The van der Waals surface area contributed by atoms with Crippen molar-refractivity contribution in [3.05, 3.63) is 77.9 Å². The molecule has 1 saturated heterocycles. The van der Waals surface area contributed by atoms with Crippen molar-refractivity contribution in [3.8, 4) is 0 Å². The summed E-state index contributed by atoms with van der Waals surface area (Å²) < 4.78 is 5.28. The second kappa shape index (κ2) is 9.84. The van der Waals surface area contributed by atoms with Gasteiger partial charge in [-0.15, -0.1) is 0 Å². The number of amides is 3. The van der Waals surface area contributed by atoms with Crippen molar-refractivity contribution in [2.75, 3.05) is 31.6 Å². The van der Waals surface area contributed by atoms with Crippen molar-refractivity contribution < 1.29 is 19.1 Å². The van der Waals surface area contributed by atoms with Gasteiger partial charge in [0.1, 0.15) is 0 Å². The molecule has 0 aromatic heterocycles. The van der Waals surface area contributed by atoms with Gasteiger partial charge in [0, 0.05) is 18.7 Å². The Morgan fingerprint density at radius 3 is 2.44 bits per heavy atom. The molecule has 162 valence electrons. The van der Waals surface area contributed by atoms with Gasteiger partial charge in [-0.3, -0.25) is 14.4 Å². The second-order valence-electron chi connectivity index (χ2n) is 7.17. The van der Waals surface area contributed by atoms with E-state index in [-0.39, 0.29) is 11.6 Å². The summed E-state index contributed by atoms with van der Waals surface area (Å²) in [6.45, 7) is 1.89. The molecule has 0 atom stereocenters. The zero-order chi connectivity index (χ0) is 22.3. The molecule has 3 amide bonds. The van der Waals surface area contributed by atoms with Crippen LogP contribution in [0.5, 0.6) is 0 Å². The van der Waals surface area contributed by atoms with E-state index in [0.717, 1.165) is 16.3 Å². The number of benzene rings is 3. The number of anilines is 1. The van der Waals surface area contributed by atoms with E-state index in [9.17, 15) is 14.4 Å². The van der Waals surface area contributed by atoms with E-state index in [4.69, 9.17) is 4.74 Å². The minimum Gasteiger partial charge on any atom is -0.378 e. The molecule has 0 spiro atoms. The van der Waals surface area contributed by atoms with Crippen LogP contribution in [0.3, 0.4) is 0 Å². The summed E-state index contributed by atoms with van der Waals surface area (Å²) in [7, 11) is 0. The third-order valence-corrected chi connectivity index (χ3v) is 5.10. The molecule has 1 aliphatic heterocycles. The minimum atomic E-state index is -0.935. The summed E-state index contributed by atoms with van der Waals surface area (Å²) in [5, 5.41) is 8.44. The molecule has 0 radical (unpaired) electrons. The Morgan fingerprint density at radius 2 is 1.59 bits per heavy atom. The monoisotopic (exact) mass is 430 g/mol. The molecule has 32 heavy (non-hydrogen) atoms. The number of para-hydroxylation sites is 1.